The average molecular weight is 448 g/mol. The molecule has 0 N–H and O–H groups in total. The van der Waals surface area contributed by atoms with E-state index in [1.54, 1.807) is 17.4 Å². The summed E-state index contributed by atoms with van der Waals surface area (Å²) in [7, 11) is 0. The predicted molar refractivity (Wildman–Crippen MR) is 131 cm³/mol. The van der Waals surface area contributed by atoms with E-state index in [0.29, 0.717) is 6.61 Å². The van der Waals surface area contributed by atoms with Gasteiger partial charge >= 0.3 is 0 Å². The number of hydrogen-bond donors (Lipinski definition) is 0. The second-order valence-corrected chi connectivity index (χ2v) is 9.11. The molecule has 1 aliphatic rings. The van der Waals surface area contributed by atoms with E-state index in [9.17, 15) is 4.79 Å². The normalized spacial score (nSPS) is 14.2. The Kier molecular flexibility index (Phi) is 6.90. The molecule has 0 unspecified atom stereocenters. The first-order chi connectivity index (χ1) is 15.5. The topological polar surface area (TPSA) is 45.7 Å². The molecule has 4 rings (SSSR count). The number of rotatable bonds is 6. The number of amides is 1. The maximum Gasteiger partial charge on any atom is 0.246 e. The molecule has 6 heteroatoms. The molecule has 32 heavy (non-hydrogen) atoms. The monoisotopic (exact) mass is 447 g/mol. The van der Waals surface area contributed by atoms with E-state index in [4.69, 9.17) is 4.74 Å². The molecule has 5 nitrogen and oxygen atoms in total. The number of aromatic nitrogens is 1. The number of benzene rings is 2. The van der Waals surface area contributed by atoms with Crippen molar-refractivity contribution in [2.45, 2.75) is 27.4 Å². The molecular weight excluding hydrogens is 418 g/mol. The number of para-hydroxylation sites is 1. The highest BCUT2D eigenvalue weighted by atomic mass is 32.1. The maximum absolute atomic E-state index is 12.8. The SMILES string of the molecule is Cc1nc(COc2ccccc2/C=C/C(=O)N2CCN(c3cccc(C)c3C)CC2)cs1. The molecule has 1 fully saturated rings. The fraction of sp³-hybridized carbons (Fsp3) is 0.308. The molecule has 2 heterocycles. The smallest absolute Gasteiger partial charge is 0.246 e. The van der Waals surface area contributed by atoms with Gasteiger partial charge in [0.05, 0.1) is 10.7 Å². The number of aryl methyl sites for hydroxylation is 2. The Morgan fingerprint density at radius 2 is 1.84 bits per heavy atom. The van der Waals surface area contributed by atoms with Gasteiger partial charge < -0.3 is 14.5 Å². The summed E-state index contributed by atoms with van der Waals surface area (Å²) in [4.78, 5) is 21.5. The molecule has 1 aliphatic heterocycles. The second kappa shape index (κ2) is 10.0. The van der Waals surface area contributed by atoms with Crippen LogP contribution in [-0.4, -0.2) is 42.0 Å². The second-order valence-electron chi connectivity index (χ2n) is 8.05. The Labute approximate surface area is 194 Å². The molecule has 0 spiro atoms. The van der Waals surface area contributed by atoms with Crippen molar-refractivity contribution < 1.29 is 9.53 Å². The molecule has 3 aromatic rings. The summed E-state index contributed by atoms with van der Waals surface area (Å²) in [6, 6.07) is 14.2. The highest BCUT2D eigenvalue weighted by Crippen LogP contribution is 2.24. The Balaban J connectivity index is 1.35. The third-order valence-corrected chi connectivity index (χ3v) is 6.70. The highest BCUT2D eigenvalue weighted by Gasteiger charge is 2.21. The lowest BCUT2D eigenvalue weighted by molar-refractivity contribution is -0.126. The largest absolute Gasteiger partial charge is 0.487 e. The van der Waals surface area contributed by atoms with Gasteiger partial charge in [0.25, 0.3) is 0 Å². The van der Waals surface area contributed by atoms with Gasteiger partial charge in [-0.2, -0.15) is 0 Å². The molecule has 0 aliphatic carbocycles. The minimum atomic E-state index is 0.0375. The van der Waals surface area contributed by atoms with Crippen LogP contribution in [0.3, 0.4) is 0 Å². The fourth-order valence-corrected chi connectivity index (χ4v) is 4.49. The highest BCUT2D eigenvalue weighted by molar-refractivity contribution is 7.09. The van der Waals surface area contributed by atoms with Crippen LogP contribution in [0.4, 0.5) is 5.69 Å². The molecule has 166 valence electrons. The van der Waals surface area contributed by atoms with Crippen molar-refractivity contribution in [2.24, 2.45) is 0 Å². The molecular formula is C26H29N3O2S. The Morgan fingerprint density at radius 1 is 1.06 bits per heavy atom. The molecule has 2 aromatic carbocycles. The molecule has 0 saturated carbocycles. The summed E-state index contributed by atoms with van der Waals surface area (Å²) in [6.45, 7) is 9.84. The lowest BCUT2D eigenvalue weighted by Crippen LogP contribution is -2.48. The Morgan fingerprint density at radius 3 is 2.59 bits per heavy atom. The number of carbonyl (C=O) groups excluding carboxylic acids is 1. The maximum atomic E-state index is 12.8. The summed E-state index contributed by atoms with van der Waals surface area (Å²) >= 11 is 1.62. The molecule has 0 bridgehead atoms. The number of ether oxygens (including phenoxy) is 1. The van der Waals surface area contributed by atoms with Crippen LogP contribution < -0.4 is 9.64 Å². The molecule has 1 aromatic heterocycles. The van der Waals surface area contributed by atoms with Gasteiger partial charge in [-0.1, -0.05) is 30.3 Å². The van der Waals surface area contributed by atoms with Gasteiger partial charge in [0.15, 0.2) is 0 Å². The van der Waals surface area contributed by atoms with Crippen molar-refractivity contribution in [3.8, 4) is 5.75 Å². The standard InChI is InChI=1S/C26H29N3O2S/c1-19-7-6-9-24(20(19)2)28-13-15-29(16-14-28)26(30)12-11-22-8-4-5-10-25(22)31-17-23-18-32-21(3)27-23/h4-12,18H,13-17H2,1-3H3/b12-11+. The van der Waals surface area contributed by atoms with Crippen molar-refractivity contribution in [2.75, 3.05) is 31.1 Å². The van der Waals surface area contributed by atoms with Crippen LogP contribution in [0.5, 0.6) is 5.75 Å². The minimum Gasteiger partial charge on any atom is -0.487 e. The van der Waals surface area contributed by atoms with Crippen LogP contribution in [0.25, 0.3) is 6.08 Å². The van der Waals surface area contributed by atoms with E-state index in [2.05, 4.69) is 41.9 Å². The Bertz CT molecular complexity index is 1110. The van der Waals surface area contributed by atoms with Gasteiger partial charge in [0.1, 0.15) is 12.4 Å². The quantitative estimate of drug-likeness (QED) is 0.499. The summed E-state index contributed by atoms with van der Waals surface area (Å²) < 4.78 is 5.96. The fourth-order valence-electron chi connectivity index (χ4n) is 3.89. The number of nitrogens with zero attached hydrogens (tertiary/aromatic N) is 3. The number of thiazole rings is 1. The third kappa shape index (κ3) is 5.19. The lowest BCUT2D eigenvalue weighted by Gasteiger charge is -2.36. The third-order valence-electron chi connectivity index (χ3n) is 5.87. The summed E-state index contributed by atoms with van der Waals surface area (Å²) in [5.74, 6) is 0.789. The minimum absolute atomic E-state index is 0.0375. The summed E-state index contributed by atoms with van der Waals surface area (Å²) in [6.07, 6.45) is 3.50. The molecule has 1 amide bonds. The van der Waals surface area contributed by atoms with E-state index in [1.165, 1.54) is 16.8 Å². The number of piperazine rings is 1. The van der Waals surface area contributed by atoms with Crippen LogP contribution in [0.2, 0.25) is 0 Å². The van der Waals surface area contributed by atoms with E-state index < -0.39 is 0 Å². The van der Waals surface area contributed by atoms with Crippen molar-refractivity contribution >= 4 is 29.0 Å². The number of hydrogen-bond acceptors (Lipinski definition) is 5. The summed E-state index contributed by atoms with van der Waals surface area (Å²) in [5, 5.41) is 3.04. The van der Waals surface area contributed by atoms with E-state index in [-0.39, 0.29) is 5.91 Å². The van der Waals surface area contributed by atoms with Gasteiger partial charge in [-0.05, 0) is 50.1 Å². The molecule has 0 radical (unpaired) electrons. The number of carbonyl (C=O) groups is 1. The van der Waals surface area contributed by atoms with Crippen LogP contribution >= 0.6 is 11.3 Å². The zero-order valence-corrected chi connectivity index (χ0v) is 19.7. The van der Waals surface area contributed by atoms with Gasteiger partial charge in [-0.15, -0.1) is 11.3 Å². The van der Waals surface area contributed by atoms with E-state index >= 15 is 0 Å². The lowest BCUT2D eigenvalue weighted by atomic mass is 10.1. The van der Waals surface area contributed by atoms with Crippen LogP contribution in [0.15, 0.2) is 53.9 Å². The first-order valence-electron chi connectivity index (χ1n) is 10.9. The van der Waals surface area contributed by atoms with Crippen LogP contribution in [0, 0.1) is 20.8 Å². The van der Waals surface area contributed by atoms with Crippen molar-refractivity contribution in [1.29, 1.82) is 0 Å². The van der Waals surface area contributed by atoms with E-state index in [1.807, 2.05) is 47.5 Å². The number of anilines is 1. The Hall–Kier alpha value is -3.12. The van der Waals surface area contributed by atoms with Crippen molar-refractivity contribution in [3.05, 3.63) is 81.3 Å². The first kappa shape index (κ1) is 22.1. The van der Waals surface area contributed by atoms with Crippen molar-refractivity contribution in [1.82, 2.24) is 9.88 Å². The van der Waals surface area contributed by atoms with Gasteiger partial charge in [-0.25, -0.2) is 4.98 Å². The van der Waals surface area contributed by atoms with Crippen molar-refractivity contribution in [3.63, 3.8) is 0 Å². The van der Waals surface area contributed by atoms with E-state index in [0.717, 1.165) is 48.2 Å². The summed E-state index contributed by atoms with van der Waals surface area (Å²) in [5.41, 5.74) is 5.70. The van der Waals surface area contributed by atoms with Gasteiger partial charge in [0, 0.05) is 48.9 Å². The molecule has 1 saturated heterocycles. The van der Waals surface area contributed by atoms with Crippen LogP contribution in [0.1, 0.15) is 27.4 Å². The average Bonchev–Trinajstić information content (AvgIpc) is 3.23. The zero-order valence-electron chi connectivity index (χ0n) is 18.9. The van der Waals surface area contributed by atoms with Crippen LogP contribution in [-0.2, 0) is 11.4 Å². The first-order valence-corrected chi connectivity index (χ1v) is 11.8. The predicted octanol–water partition coefficient (Wildman–Crippen LogP) is 5.01. The molecule has 0 atom stereocenters. The van der Waals surface area contributed by atoms with Gasteiger partial charge in [-0.3, -0.25) is 4.79 Å². The zero-order chi connectivity index (χ0) is 22.5. The van der Waals surface area contributed by atoms with Gasteiger partial charge in [0.2, 0.25) is 5.91 Å².